The molecular formula is C29H44N2OS. The highest BCUT2D eigenvalue weighted by molar-refractivity contribution is 7.10. The number of rotatable bonds is 3. The van der Waals surface area contributed by atoms with Gasteiger partial charge in [-0.15, -0.1) is 11.3 Å². The Morgan fingerprint density at radius 1 is 1.12 bits per heavy atom. The zero-order valence-electron chi connectivity index (χ0n) is 21.3. The average molecular weight is 469 g/mol. The summed E-state index contributed by atoms with van der Waals surface area (Å²) in [5.41, 5.74) is 1.15. The molecule has 182 valence electrons. The van der Waals surface area contributed by atoms with Crippen molar-refractivity contribution in [1.29, 1.82) is 0 Å². The number of carbonyl (C=O) groups excluding carboxylic acids is 1. The van der Waals surface area contributed by atoms with Crippen LogP contribution >= 0.6 is 11.3 Å². The minimum atomic E-state index is 0.316. The fourth-order valence-corrected chi connectivity index (χ4v) is 11.0. The van der Waals surface area contributed by atoms with Crippen molar-refractivity contribution < 1.29 is 4.79 Å². The third kappa shape index (κ3) is 3.33. The molecule has 0 N–H and O–H groups in total. The molecule has 0 bridgehead atoms. The van der Waals surface area contributed by atoms with Crippen LogP contribution in [0.2, 0.25) is 0 Å². The summed E-state index contributed by atoms with van der Waals surface area (Å²) in [6, 6.07) is 5.39. The van der Waals surface area contributed by atoms with E-state index in [1.807, 2.05) is 0 Å². The summed E-state index contributed by atoms with van der Waals surface area (Å²) in [6.07, 6.45) is 13.2. The van der Waals surface area contributed by atoms with Crippen LogP contribution in [-0.2, 0) is 11.2 Å². The highest BCUT2D eigenvalue weighted by Gasteiger charge is 2.64. The van der Waals surface area contributed by atoms with Gasteiger partial charge in [-0.05, 0) is 124 Å². The van der Waals surface area contributed by atoms with Gasteiger partial charge in [0.2, 0.25) is 5.91 Å². The van der Waals surface area contributed by atoms with E-state index >= 15 is 0 Å². The van der Waals surface area contributed by atoms with Gasteiger partial charge >= 0.3 is 0 Å². The number of likely N-dealkylation sites (N-methyl/N-ethyl adjacent to an activating group) is 1. The molecule has 5 fully saturated rings. The number of likely N-dealkylation sites (tertiary alicyclic amines) is 1. The molecule has 4 aliphatic carbocycles. The van der Waals surface area contributed by atoms with E-state index in [9.17, 15) is 4.79 Å². The number of nitrogens with zero attached hydrogens (tertiary/aromatic N) is 2. The van der Waals surface area contributed by atoms with E-state index in [0.29, 0.717) is 29.2 Å². The van der Waals surface area contributed by atoms with Crippen LogP contribution < -0.4 is 0 Å². The molecule has 1 saturated heterocycles. The number of amides is 1. The van der Waals surface area contributed by atoms with Crippen molar-refractivity contribution in [2.24, 2.45) is 40.4 Å². The number of hydrogen-bond acceptors (Lipinski definition) is 3. The van der Waals surface area contributed by atoms with Crippen molar-refractivity contribution >= 4 is 17.2 Å². The first-order chi connectivity index (χ1) is 15.8. The van der Waals surface area contributed by atoms with E-state index in [1.165, 1.54) is 69.2 Å². The summed E-state index contributed by atoms with van der Waals surface area (Å²) in [5.74, 6) is 4.97. The Morgan fingerprint density at radius 3 is 2.73 bits per heavy atom. The normalized spacial score (nSPS) is 46.8. The van der Waals surface area contributed by atoms with Crippen LogP contribution in [0.3, 0.4) is 0 Å². The lowest BCUT2D eigenvalue weighted by molar-refractivity contribution is -0.139. The Morgan fingerprint density at radius 2 is 1.94 bits per heavy atom. The van der Waals surface area contributed by atoms with Crippen molar-refractivity contribution in [3.05, 3.63) is 22.4 Å². The van der Waals surface area contributed by atoms with E-state index in [4.69, 9.17) is 0 Å². The minimum absolute atomic E-state index is 0.316. The van der Waals surface area contributed by atoms with Crippen molar-refractivity contribution in [2.75, 3.05) is 20.6 Å². The maximum Gasteiger partial charge on any atom is 0.227 e. The lowest BCUT2D eigenvalue weighted by Crippen LogP contribution is -2.56. The molecule has 1 aliphatic heterocycles. The zero-order valence-corrected chi connectivity index (χ0v) is 22.1. The van der Waals surface area contributed by atoms with Crippen LogP contribution in [0, 0.1) is 40.4 Å². The van der Waals surface area contributed by atoms with Crippen LogP contribution in [0.15, 0.2) is 17.5 Å². The maximum absolute atomic E-state index is 13.0. The topological polar surface area (TPSA) is 23.6 Å². The van der Waals surface area contributed by atoms with Crippen LogP contribution in [0.5, 0.6) is 0 Å². The van der Waals surface area contributed by atoms with Crippen molar-refractivity contribution in [1.82, 2.24) is 9.80 Å². The van der Waals surface area contributed by atoms with Crippen LogP contribution in [0.4, 0.5) is 0 Å². The number of hydrogen-bond donors (Lipinski definition) is 0. The van der Waals surface area contributed by atoms with Crippen LogP contribution in [-0.4, -0.2) is 48.4 Å². The van der Waals surface area contributed by atoms with Crippen molar-refractivity contribution in [2.45, 2.75) is 90.1 Å². The molecular weight excluding hydrogens is 424 g/mol. The molecule has 2 heterocycles. The molecule has 1 aromatic heterocycles. The molecule has 1 amide bonds. The highest BCUT2D eigenvalue weighted by Crippen LogP contribution is 2.69. The van der Waals surface area contributed by atoms with Crippen molar-refractivity contribution in [3.8, 4) is 0 Å². The van der Waals surface area contributed by atoms with Gasteiger partial charge < -0.3 is 9.80 Å². The molecule has 0 radical (unpaired) electrons. The van der Waals surface area contributed by atoms with Gasteiger partial charge in [0.05, 0.1) is 6.42 Å². The van der Waals surface area contributed by atoms with Gasteiger partial charge in [-0.3, -0.25) is 4.79 Å². The first kappa shape index (κ1) is 22.6. The highest BCUT2D eigenvalue weighted by atomic mass is 32.1. The van der Waals surface area contributed by atoms with Crippen LogP contribution in [0.1, 0.15) is 76.5 Å². The molecule has 1 aromatic rings. The Bertz CT molecular complexity index is 884. The van der Waals surface area contributed by atoms with Gasteiger partial charge in [0, 0.05) is 30.6 Å². The Balaban J connectivity index is 1.16. The molecule has 6 rings (SSSR count). The quantitative estimate of drug-likeness (QED) is 0.536. The van der Waals surface area contributed by atoms with Crippen LogP contribution in [0.25, 0.3) is 0 Å². The number of carbonyl (C=O) groups is 1. The van der Waals surface area contributed by atoms with Gasteiger partial charge in [-0.2, -0.15) is 0 Å². The fraction of sp³-hybridized carbons (Fsp3) is 0.828. The first-order valence-electron chi connectivity index (χ1n) is 13.8. The SMILES string of the molecule is CC1C2CCC3C4CCC5CC(N(C)C(=O)Cc6cccs6)CCC5(C)C4CCC32CN1C. The molecule has 4 saturated carbocycles. The number of fused-ring (bicyclic) bond motifs is 4. The lowest BCUT2D eigenvalue weighted by atomic mass is 9.44. The van der Waals surface area contributed by atoms with Crippen molar-refractivity contribution in [3.63, 3.8) is 0 Å². The minimum Gasteiger partial charge on any atom is -0.342 e. The first-order valence-corrected chi connectivity index (χ1v) is 14.7. The molecule has 0 aromatic carbocycles. The average Bonchev–Trinajstić information content (AvgIpc) is 3.49. The third-order valence-corrected chi connectivity index (χ3v) is 13.0. The summed E-state index contributed by atoms with van der Waals surface area (Å²) >= 11 is 1.71. The smallest absolute Gasteiger partial charge is 0.227 e. The Hall–Kier alpha value is -0.870. The predicted octanol–water partition coefficient (Wildman–Crippen LogP) is 6.09. The molecule has 1 spiro atoms. The van der Waals surface area contributed by atoms with Gasteiger partial charge in [0.1, 0.15) is 0 Å². The second kappa shape index (κ2) is 8.08. The third-order valence-electron chi connectivity index (χ3n) is 12.1. The van der Waals surface area contributed by atoms with E-state index in [2.05, 4.69) is 55.3 Å². The summed E-state index contributed by atoms with van der Waals surface area (Å²) in [5, 5.41) is 2.08. The Labute approximate surface area is 205 Å². The fourth-order valence-electron chi connectivity index (χ4n) is 10.3. The summed E-state index contributed by atoms with van der Waals surface area (Å²) in [6.45, 7) is 6.54. The van der Waals surface area contributed by atoms with E-state index in [-0.39, 0.29) is 0 Å². The molecule has 5 aliphatic rings. The Kier molecular flexibility index (Phi) is 5.53. The molecule has 9 unspecified atom stereocenters. The molecule has 33 heavy (non-hydrogen) atoms. The largest absolute Gasteiger partial charge is 0.342 e. The van der Waals surface area contributed by atoms with E-state index in [0.717, 1.165) is 35.6 Å². The molecule has 4 heteroatoms. The summed E-state index contributed by atoms with van der Waals surface area (Å²) < 4.78 is 0. The second-order valence-corrected chi connectivity index (χ2v) is 14.0. The van der Waals surface area contributed by atoms with Gasteiger partial charge in [0.15, 0.2) is 0 Å². The zero-order chi connectivity index (χ0) is 23.0. The van der Waals surface area contributed by atoms with E-state index in [1.54, 1.807) is 11.3 Å². The molecule has 3 nitrogen and oxygen atoms in total. The summed E-state index contributed by atoms with van der Waals surface area (Å²) in [4.78, 5) is 19.0. The standard InChI is InChI=1S/C29H44N2OS/c1-19-24-9-10-26-23-8-7-20-16-21(31(4)27(32)17-22-6-5-15-33-22)11-13-28(20,2)25(23)12-14-29(24,26)18-30(19)3/h5-6,15,19-21,23-26H,7-14,16-18H2,1-4H3. The van der Waals surface area contributed by atoms with E-state index < -0.39 is 0 Å². The number of thiophene rings is 1. The second-order valence-electron chi connectivity index (χ2n) is 13.0. The summed E-state index contributed by atoms with van der Waals surface area (Å²) in [7, 11) is 4.46. The van der Waals surface area contributed by atoms with Gasteiger partial charge in [0.25, 0.3) is 0 Å². The predicted molar refractivity (Wildman–Crippen MR) is 136 cm³/mol. The molecule has 9 atom stereocenters. The monoisotopic (exact) mass is 468 g/mol. The van der Waals surface area contributed by atoms with Gasteiger partial charge in [-0.1, -0.05) is 13.0 Å². The van der Waals surface area contributed by atoms with Gasteiger partial charge in [-0.25, -0.2) is 0 Å². The lowest BCUT2D eigenvalue weighted by Gasteiger charge is -2.61. The maximum atomic E-state index is 13.0.